The van der Waals surface area contributed by atoms with E-state index in [-0.39, 0.29) is 6.04 Å². The predicted octanol–water partition coefficient (Wildman–Crippen LogP) is 0.996. The van der Waals surface area contributed by atoms with Crippen molar-refractivity contribution in [2.75, 3.05) is 46.3 Å². The molecule has 2 fully saturated rings. The molecule has 2 heterocycles. The molecule has 2 aliphatic heterocycles. The number of rotatable bonds is 1. The minimum atomic E-state index is -0.662. The Hall–Kier alpha value is 0.540. The molecule has 0 aromatic rings. The average Bonchev–Trinajstić information content (AvgIpc) is 2.20. The van der Waals surface area contributed by atoms with Gasteiger partial charge in [-0.05, 0) is 20.0 Å². The van der Waals surface area contributed by atoms with Gasteiger partial charge in [-0.3, -0.25) is 4.90 Å². The van der Waals surface area contributed by atoms with E-state index >= 15 is 0 Å². The van der Waals surface area contributed by atoms with Crippen molar-refractivity contribution < 1.29 is 4.39 Å². The molecule has 2 aliphatic rings. The standard InChI is InChI=1S/C10H19FIN3/c1-13-3-2-10(9(11)8-13)14-4-6-15(12)7-5-14/h9-10H,2-8H2,1H3. The Kier molecular flexibility index (Phi) is 4.20. The van der Waals surface area contributed by atoms with E-state index in [9.17, 15) is 4.39 Å². The van der Waals surface area contributed by atoms with E-state index in [1.165, 1.54) is 0 Å². The Morgan fingerprint density at radius 2 is 1.80 bits per heavy atom. The minimum Gasteiger partial charge on any atom is -0.303 e. The maximum absolute atomic E-state index is 13.9. The normalized spacial score (nSPS) is 37.0. The van der Waals surface area contributed by atoms with Crippen LogP contribution in [0.1, 0.15) is 6.42 Å². The first kappa shape index (κ1) is 12.0. The van der Waals surface area contributed by atoms with Crippen LogP contribution in [0.4, 0.5) is 4.39 Å². The molecule has 0 N–H and O–H groups in total. The second-order valence-electron chi connectivity index (χ2n) is 4.58. The van der Waals surface area contributed by atoms with Gasteiger partial charge in [0, 0.05) is 61.6 Å². The molecule has 0 aromatic heterocycles. The molecule has 0 saturated carbocycles. The van der Waals surface area contributed by atoms with Gasteiger partial charge in [0.05, 0.1) is 0 Å². The smallest absolute Gasteiger partial charge is 0.128 e. The van der Waals surface area contributed by atoms with E-state index in [2.05, 4.69) is 35.8 Å². The Bertz CT molecular complexity index is 209. The third-order valence-corrected chi connectivity index (χ3v) is 4.40. The molecule has 0 aliphatic carbocycles. The van der Waals surface area contributed by atoms with Gasteiger partial charge in [0.15, 0.2) is 0 Å². The van der Waals surface area contributed by atoms with Crippen LogP contribution in [0.5, 0.6) is 0 Å². The lowest BCUT2D eigenvalue weighted by molar-refractivity contribution is 0.0302. The molecule has 0 bridgehead atoms. The van der Waals surface area contributed by atoms with Gasteiger partial charge in [-0.25, -0.2) is 7.50 Å². The van der Waals surface area contributed by atoms with Crippen molar-refractivity contribution in [3.63, 3.8) is 0 Å². The lowest BCUT2D eigenvalue weighted by Gasteiger charge is -2.42. The molecule has 2 rings (SSSR count). The summed E-state index contributed by atoms with van der Waals surface area (Å²) >= 11 is 2.35. The Morgan fingerprint density at radius 1 is 1.13 bits per heavy atom. The molecule has 2 saturated heterocycles. The van der Waals surface area contributed by atoms with Crippen LogP contribution in [0.15, 0.2) is 0 Å². The number of piperidine rings is 1. The molecular weight excluding hydrogens is 308 g/mol. The fourth-order valence-corrected chi connectivity index (χ4v) is 2.92. The molecule has 5 heteroatoms. The largest absolute Gasteiger partial charge is 0.303 e. The van der Waals surface area contributed by atoms with Crippen LogP contribution in [0.3, 0.4) is 0 Å². The van der Waals surface area contributed by atoms with Crippen molar-refractivity contribution in [3.05, 3.63) is 0 Å². The predicted molar refractivity (Wildman–Crippen MR) is 68.0 cm³/mol. The second-order valence-corrected chi connectivity index (χ2v) is 5.94. The highest BCUT2D eigenvalue weighted by atomic mass is 127. The van der Waals surface area contributed by atoms with Crippen LogP contribution >= 0.6 is 22.9 Å². The molecule has 0 radical (unpaired) electrons. The third kappa shape index (κ3) is 3.01. The summed E-state index contributed by atoms with van der Waals surface area (Å²) in [6, 6.07) is 0.172. The molecule has 0 amide bonds. The molecule has 88 valence electrons. The summed E-state index contributed by atoms with van der Waals surface area (Å²) in [5.74, 6) is 0. The van der Waals surface area contributed by atoms with Crippen LogP contribution in [0.2, 0.25) is 0 Å². The van der Waals surface area contributed by atoms with E-state index in [0.717, 1.165) is 39.1 Å². The van der Waals surface area contributed by atoms with Crippen LogP contribution in [-0.2, 0) is 0 Å². The van der Waals surface area contributed by atoms with E-state index in [0.29, 0.717) is 6.54 Å². The number of likely N-dealkylation sites (tertiary alicyclic amines) is 1. The second kappa shape index (κ2) is 5.25. The molecule has 0 spiro atoms. The summed E-state index contributed by atoms with van der Waals surface area (Å²) < 4.78 is 16.2. The molecule has 0 aromatic carbocycles. The minimum absolute atomic E-state index is 0.172. The first-order valence-corrected chi connectivity index (χ1v) is 6.60. The molecule has 15 heavy (non-hydrogen) atoms. The lowest BCUT2D eigenvalue weighted by Crippen LogP contribution is -2.55. The molecule has 2 unspecified atom stereocenters. The van der Waals surface area contributed by atoms with Gasteiger partial charge in [0.1, 0.15) is 6.17 Å². The van der Waals surface area contributed by atoms with Gasteiger partial charge in [0.2, 0.25) is 0 Å². The summed E-state index contributed by atoms with van der Waals surface area (Å²) in [5.41, 5.74) is 0. The number of hydrogen-bond acceptors (Lipinski definition) is 3. The van der Waals surface area contributed by atoms with E-state index in [4.69, 9.17) is 0 Å². The average molecular weight is 327 g/mol. The van der Waals surface area contributed by atoms with Gasteiger partial charge in [-0.15, -0.1) is 0 Å². The number of alkyl halides is 1. The van der Waals surface area contributed by atoms with Crippen molar-refractivity contribution in [1.29, 1.82) is 0 Å². The van der Waals surface area contributed by atoms with Gasteiger partial charge in [0.25, 0.3) is 0 Å². The quantitative estimate of drug-likeness (QED) is 0.526. The van der Waals surface area contributed by atoms with E-state index in [1.807, 2.05) is 7.05 Å². The van der Waals surface area contributed by atoms with E-state index in [1.54, 1.807) is 0 Å². The van der Waals surface area contributed by atoms with Crippen LogP contribution in [-0.4, -0.2) is 71.4 Å². The number of halogens is 2. The first-order chi connectivity index (χ1) is 7.16. The maximum atomic E-state index is 13.9. The van der Waals surface area contributed by atoms with Crippen molar-refractivity contribution in [2.24, 2.45) is 0 Å². The van der Waals surface area contributed by atoms with Crippen molar-refractivity contribution in [2.45, 2.75) is 18.6 Å². The number of piperazine rings is 1. The fraction of sp³-hybridized carbons (Fsp3) is 1.00. The van der Waals surface area contributed by atoms with Gasteiger partial charge in [-0.1, -0.05) is 0 Å². The highest BCUT2D eigenvalue weighted by molar-refractivity contribution is 14.1. The zero-order valence-electron chi connectivity index (χ0n) is 9.20. The van der Waals surface area contributed by atoms with Crippen molar-refractivity contribution in [1.82, 2.24) is 12.9 Å². The SMILES string of the molecule is CN1CCC(N2CCN(I)CC2)C(F)C1. The monoisotopic (exact) mass is 327 g/mol. The van der Waals surface area contributed by atoms with Crippen LogP contribution < -0.4 is 0 Å². The van der Waals surface area contributed by atoms with Crippen molar-refractivity contribution in [3.8, 4) is 0 Å². The highest BCUT2D eigenvalue weighted by Gasteiger charge is 2.33. The summed E-state index contributed by atoms with van der Waals surface area (Å²) in [5, 5.41) is 0. The summed E-state index contributed by atoms with van der Waals surface area (Å²) in [4.78, 5) is 4.43. The lowest BCUT2D eigenvalue weighted by atomic mass is 10.0. The Labute approximate surface area is 105 Å². The maximum Gasteiger partial charge on any atom is 0.128 e. The highest BCUT2D eigenvalue weighted by Crippen LogP contribution is 2.20. The third-order valence-electron chi connectivity index (χ3n) is 3.44. The Morgan fingerprint density at radius 3 is 2.40 bits per heavy atom. The van der Waals surface area contributed by atoms with Crippen LogP contribution in [0, 0.1) is 0 Å². The van der Waals surface area contributed by atoms with Crippen molar-refractivity contribution >= 4 is 22.9 Å². The fourth-order valence-electron chi connectivity index (χ4n) is 2.48. The summed E-state index contributed by atoms with van der Waals surface area (Å²) in [6.45, 7) is 5.83. The number of hydrogen-bond donors (Lipinski definition) is 0. The van der Waals surface area contributed by atoms with E-state index < -0.39 is 6.17 Å². The zero-order valence-corrected chi connectivity index (χ0v) is 11.4. The molecular formula is C10H19FIN3. The zero-order chi connectivity index (χ0) is 10.8. The Balaban J connectivity index is 1.87. The number of nitrogens with zero attached hydrogens (tertiary/aromatic N) is 3. The van der Waals surface area contributed by atoms with Gasteiger partial charge in [-0.2, -0.15) is 0 Å². The summed E-state index contributed by atoms with van der Waals surface area (Å²) in [6.07, 6.45) is 0.323. The topological polar surface area (TPSA) is 9.72 Å². The van der Waals surface area contributed by atoms with Gasteiger partial charge < -0.3 is 4.90 Å². The first-order valence-electron chi connectivity index (χ1n) is 5.64. The van der Waals surface area contributed by atoms with Crippen LogP contribution in [0.25, 0.3) is 0 Å². The molecule has 2 atom stereocenters. The van der Waals surface area contributed by atoms with Gasteiger partial charge >= 0.3 is 0 Å². The summed E-state index contributed by atoms with van der Waals surface area (Å²) in [7, 11) is 2.01. The molecule has 3 nitrogen and oxygen atoms in total.